The van der Waals surface area contributed by atoms with E-state index in [0.717, 1.165) is 6.08 Å². The molecule has 0 heterocycles. The van der Waals surface area contributed by atoms with Crippen LogP contribution in [-0.4, -0.2) is 11.7 Å². The van der Waals surface area contributed by atoms with Gasteiger partial charge in [0, 0.05) is 10.6 Å². The smallest absolute Gasteiger partial charge is 0.128 e. The van der Waals surface area contributed by atoms with Crippen LogP contribution in [-0.2, 0) is 0 Å². The molecule has 0 spiro atoms. The number of rotatable bonds is 2. The summed E-state index contributed by atoms with van der Waals surface area (Å²) in [6.45, 7) is -0.297. The zero-order valence-electron chi connectivity index (χ0n) is 6.30. The van der Waals surface area contributed by atoms with E-state index in [1.54, 1.807) is 24.3 Å². The Morgan fingerprint density at radius 1 is 1.42 bits per heavy atom. The molecule has 0 radical (unpaired) electrons. The summed E-state index contributed by atoms with van der Waals surface area (Å²) in [7, 11) is 0. The minimum Gasteiger partial charge on any atom is -0.392 e. The van der Waals surface area contributed by atoms with Gasteiger partial charge in [0.2, 0.25) is 0 Å². The first-order chi connectivity index (χ1) is 5.74. The van der Waals surface area contributed by atoms with Crippen LogP contribution in [0.2, 0.25) is 5.02 Å². The van der Waals surface area contributed by atoms with Crippen LogP contribution < -0.4 is 0 Å². The molecule has 1 aromatic carbocycles. The van der Waals surface area contributed by atoms with E-state index in [2.05, 4.69) is 0 Å². The lowest BCUT2D eigenvalue weighted by Gasteiger charge is -1.96. The van der Waals surface area contributed by atoms with Gasteiger partial charge in [-0.1, -0.05) is 23.7 Å². The molecular weight excluding hydrogens is 179 g/mol. The third kappa shape index (κ3) is 2.32. The van der Waals surface area contributed by atoms with E-state index in [-0.39, 0.29) is 6.61 Å². The predicted molar refractivity (Wildman–Crippen MR) is 47.6 cm³/mol. The second kappa shape index (κ2) is 4.24. The Hall–Kier alpha value is -0.860. The number of hydrogen-bond donors (Lipinski definition) is 1. The van der Waals surface area contributed by atoms with Crippen molar-refractivity contribution in [3.63, 3.8) is 0 Å². The summed E-state index contributed by atoms with van der Waals surface area (Å²) in [5.74, 6) is -0.436. The molecule has 1 aromatic rings. The van der Waals surface area contributed by atoms with Crippen LogP contribution in [0.5, 0.6) is 0 Å². The van der Waals surface area contributed by atoms with Crippen molar-refractivity contribution in [3.8, 4) is 0 Å². The minimum absolute atomic E-state index is 0.297. The summed E-state index contributed by atoms with van der Waals surface area (Å²) in [4.78, 5) is 0. The zero-order valence-corrected chi connectivity index (χ0v) is 7.05. The Kier molecular flexibility index (Phi) is 3.26. The number of aliphatic hydroxyl groups excluding tert-OH is 1. The quantitative estimate of drug-likeness (QED) is 0.753. The van der Waals surface area contributed by atoms with Crippen LogP contribution >= 0.6 is 11.6 Å². The van der Waals surface area contributed by atoms with E-state index in [9.17, 15) is 4.39 Å². The van der Waals surface area contributed by atoms with Crippen molar-refractivity contribution in [1.82, 2.24) is 0 Å². The number of hydrogen-bond acceptors (Lipinski definition) is 1. The maximum Gasteiger partial charge on any atom is 0.128 e. The molecular formula is C9H8ClFO. The average molecular weight is 187 g/mol. The molecule has 0 atom stereocenters. The number of benzene rings is 1. The standard InChI is InChI=1S/C9H8ClFO/c10-8-3-1-7(2-4-8)9(11)5-6-12/h1-5,12H,6H2. The van der Waals surface area contributed by atoms with Crippen molar-refractivity contribution in [2.24, 2.45) is 0 Å². The maximum absolute atomic E-state index is 12.9. The Balaban J connectivity index is 2.89. The van der Waals surface area contributed by atoms with Gasteiger partial charge in [-0.3, -0.25) is 0 Å². The van der Waals surface area contributed by atoms with Crippen molar-refractivity contribution in [2.75, 3.05) is 6.61 Å². The van der Waals surface area contributed by atoms with Crippen LogP contribution in [0.15, 0.2) is 30.3 Å². The highest BCUT2D eigenvalue weighted by Crippen LogP contribution is 2.17. The molecule has 0 saturated heterocycles. The second-order valence-electron chi connectivity index (χ2n) is 2.24. The van der Waals surface area contributed by atoms with E-state index in [4.69, 9.17) is 16.7 Å². The molecule has 0 aliphatic heterocycles. The van der Waals surface area contributed by atoms with Crippen molar-refractivity contribution < 1.29 is 9.50 Å². The van der Waals surface area contributed by atoms with Crippen LogP contribution in [0, 0.1) is 0 Å². The lowest BCUT2D eigenvalue weighted by atomic mass is 10.2. The average Bonchev–Trinajstić information content (AvgIpc) is 2.06. The van der Waals surface area contributed by atoms with Gasteiger partial charge in [-0.25, -0.2) is 4.39 Å². The van der Waals surface area contributed by atoms with Gasteiger partial charge in [-0.05, 0) is 18.2 Å². The van der Waals surface area contributed by atoms with Gasteiger partial charge in [0.05, 0.1) is 6.61 Å². The molecule has 1 nitrogen and oxygen atoms in total. The monoisotopic (exact) mass is 186 g/mol. The van der Waals surface area contributed by atoms with E-state index in [0.29, 0.717) is 10.6 Å². The molecule has 0 aliphatic rings. The Morgan fingerprint density at radius 3 is 2.50 bits per heavy atom. The van der Waals surface area contributed by atoms with Gasteiger partial charge in [-0.15, -0.1) is 0 Å². The fourth-order valence-corrected chi connectivity index (χ4v) is 0.933. The Labute approximate surface area is 75.1 Å². The summed E-state index contributed by atoms with van der Waals surface area (Å²) in [5, 5.41) is 8.98. The molecule has 64 valence electrons. The zero-order chi connectivity index (χ0) is 8.97. The van der Waals surface area contributed by atoms with Gasteiger partial charge >= 0.3 is 0 Å². The molecule has 0 unspecified atom stereocenters. The van der Waals surface area contributed by atoms with Crippen LogP contribution in [0.4, 0.5) is 4.39 Å². The van der Waals surface area contributed by atoms with Gasteiger partial charge in [0.25, 0.3) is 0 Å². The molecule has 0 aliphatic carbocycles. The molecule has 3 heteroatoms. The summed E-state index contributed by atoms with van der Waals surface area (Å²) in [5.41, 5.74) is 0.424. The third-order valence-corrected chi connectivity index (χ3v) is 1.64. The SMILES string of the molecule is OCC=C(F)c1ccc(Cl)cc1. The molecule has 0 bridgehead atoms. The minimum atomic E-state index is -0.436. The highest BCUT2D eigenvalue weighted by molar-refractivity contribution is 6.30. The lowest BCUT2D eigenvalue weighted by Crippen LogP contribution is -1.80. The molecule has 12 heavy (non-hydrogen) atoms. The van der Waals surface area contributed by atoms with E-state index in [1.807, 2.05) is 0 Å². The normalized spacial score (nSPS) is 11.8. The van der Waals surface area contributed by atoms with Gasteiger partial charge in [0.15, 0.2) is 0 Å². The van der Waals surface area contributed by atoms with E-state index in [1.165, 1.54) is 0 Å². The topological polar surface area (TPSA) is 20.2 Å². The Morgan fingerprint density at radius 2 is 2.00 bits per heavy atom. The highest BCUT2D eigenvalue weighted by atomic mass is 35.5. The van der Waals surface area contributed by atoms with Crippen LogP contribution in [0.3, 0.4) is 0 Å². The first-order valence-electron chi connectivity index (χ1n) is 3.46. The highest BCUT2D eigenvalue weighted by Gasteiger charge is 1.97. The van der Waals surface area contributed by atoms with Crippen LogP contribution in [0.25, 0.3) is 5.83 Å². The van der Waals surface area contributed by atoms with E-state index >= 15 is 0 Å². The number of halogens is 2. The largest absolute Gasteiger partial charge is 0.392 e. The van der Waals surface area contributed by atoms with Crippen LogP contribution in [0.1, 0.15) is 5.56 Å². The van der Waals surface area contributed by atoms with Gasteiger partial charge in [0.1, 0.15) is 5.83 Å². The van der Waals surface area contributed by atoms with E-state index < -0.39 is 5.83 Å². The molecule has 1 rings (SSSR count). The lowest BCUT2D eigenvalue weighted by molar-refractivity contribution is 0.342. The molecule has 1 N–H and O–H groups in total. The van der Waals surface area contributed by atoms with Crippen molar-refractivity contribution in [3.05, 3.63) is 40.9 Å². The third-order valence-electron chi connectivity index (χ3n) is 1.39. The first kappa shape index (κ1) is 9.23. The summed E-state index contributed by atoms with van der Waals surface area (Å²) < 4.78 is 12.9. The molecule has 0 saturated carbocycles. The summed E-state index contributed by atoms with van der Waals surface area (Å²) in [6.07, 6.45) is 1.10. The van der Waals surface area contributed by atoms with Gasteiger partial charge in [-0.2, -0.15) is 0 Å². The molecule has 0 amide bonds. The predicted octanol–water partition coefficient (Wildman–Crippen LogP) is 2.64. The summed E-state index contributed by atoms with van der Waals surface area (Å²) >= 11 is 5.60. The van der Waals surface area contributed by atoms with Crippen molar-refractivity contribution in [2.45, 2.75) is 0 Å². The molecule has 0 aromatic heterocycles. The van der Waals surface area contributed by atoms with Crippen molar-refractivity contribution >= 4 is 17.4 Å². The fourth-order valence-electron chi connectivity index (χ4n) is 0.807. The molecule has 0 fully saturated rings. The Bertz CT molecular complexity index is 279. The maximum atomic E-state index is 12.9. The fraction of sp³-hybridized carbons (Fsp3) is 0.111. The number of aliphatic hydroxyl groups is 1. The van der Waals surface area contributed by atoms with Crippen molar-refractivity contribution in [1.29, 1.82) is 0 Å². The second-order valence-corrected chi connectivity index (χ2v) is 2.68. The van der Waals surface area contributed by atoms with Gasteiger partial charge < -0.3 is 5.11 Å². The summed E-state index contributed by atoms with van der Waals surface area (Å²) in [6, 6.07) is 6.32. The first-order valence-corrected chi connectivity index (χ1v) is 3.84.